The molecule has 0 bridgehead atoms. The summed E-state index contributed by atoms with van der Waals surface area (Å²) in [6.45, 7) is 0. The van der Waals surface area contributed by atoms with Gasteiger partial charge in [-0.1, -0.05) is 0 Å². The van der Waals surface area contributed by atoms with Crippen LogP contribution < -0.4 is 16.0 Å². The molecule has 3 N–H and O–H groups in total. The first-order valence-electron chi connectivity index (χ1n) is 5.32. The van der Waals surface area contributed by atoms with E-state index in [0.29, 0.717) is 17.1 Å². The summed E-state index contributed by atoms with van der Waals surface area (Å²) in [4.78, 5) is 8.21. The number of nitrogens with two attached hydrogens (primary N) is 1. The number of aromatic nitrogens is 2. The number of ether oxygens (including phenoxy) is 1. The SMILES string of the molecule is COc1cccnc1C(NN)c1ccc(F)cn1. The normalized spacial score (nSPS) is 12.2. The Hall–Kier alpha value is -2.05. The zero-order valence-corrected chi connectivity index (χ0v) is 9.80. The van der Waals surface area contributed by atoms with Gasteiger partial charge in [-0.15, -0.1) is 0 Å². The first-order valence-corrected chi connectivity index (χ1v) is 5.32. The van der Waals surface area contributed by atoms with E-state index in [-0.39, 0.29) is 0 Å². The number of methoxy groups -OCH3 is 1. The van der Waals surface area contributed by atoms with Crippen LogP contribution in [0, 0.1) is 5.82 Å². The third-order valence-electron chi connectivity index (χ3n) is 2.51. The van der Waals surface area contributed by atoms with Gasteiger partial charge in [0.15, 0.2) is 0 Å². The van der Waals surface area contributed by atoms with Crippen LogP contribution in [-0.2, 0) is 0 Å². The molecule has 0 radical (unpaired) electrons. The van der Waals surface area contributed by atoms with Crippen molar-refractivity contribution in [3.63, 3.8) is 0 Å². The minimum Gasteiger partial charge on any atom is -0.495 e. The lowest BCUT2D eigenvalue weighted by Crippen LogP contribution is -2.30. The Labute approximate surface area is 104 Å². The van der Waals surface area contributed by atoms with Gasteiger partial charge < -0.3 is 4.74 Å². The molecule has 0 spiro atoms. The highest BCUT2D eigenvalue weighted by molar-refractivity contribution is 5.34. The second-order valence-corrected chi connectivity index (χ2v) is 3.59. The highest BCUT2D eigenvalue weighted by Crippen LogP contribution is 2.25. The van der Waals surface area contributed by atoms with E-state index in [9.17, 15) is 4.39 Å². The molecular weight excluding hydrogens is 235 g/mol. The molecule has 0 saturated carbocycles. The monoisotopic (exact) mass is 248 g/mol. The first kappa shape index (κ1) is 12.4. The molecule has 2 aromatic rings. The Morgan fingerprint density at radius 3 is 2.78 bits per heavy atom. The highest BCUT2D eigenvalue weighted by atomic mass is 19.1. The summed E-state index contributed by atoms with van der Waals surface area (Å²) < 4.78 is 18.1. The van der Waals surface area contributed by atoms with Crippen molar-refractivity contribution in [3.8, 4) is 5.75 Å². The molecule has 18 heavy (non-hydrogen) atoms. The maximum absolute atomic E-state index is 12.8. The summed E-state index contributed by atoms with van der Waals surface area (Å²) >= 11 is 0. The maximum Gasteiger partial charge on any atom is 0.142 e. The average Bonchev–Trinajstić information content (AvgIpc) is 2.42. The van der Waals surface area contributed by atoms with Crippen molar-refractivity contribution in [2.45, 2.75) is 6.04 Å². The summed E-state index contributed by atoms with van der Waals surface area (Å²) in [6.07, 6.45) is 2.76. The third-order valence-corrected chi connectivity index (χ3v) is 2.51. The molecule has 1 unspecified atom stereocenters. The van der Waals surface area contributed by atoms with Gasteiger partial charge in [-0.25, -0.2) is 9.82 Å². The first-order chi connectivity index (χ1) is 8.76. The lowest BCUT2D eigenvalue weighted by molar-refractivity contribution is 0.399. The molecule has 0 aliphatic rings. The number of rotatable bonds is 4. The largest absolute Gasteiger partial charge is 0.495 e. The molecule has 2 heterocycles. The van der Waals surface area contributed by atoms with Gasteiger partial charge in [0, 0.05) is 6.20 Å². The number of nitrogens with one attached hydrogen (secondary N) is 1. The van der Waals surface area contributed by atoms with E-state index in [0.717, 1.165) is 6.20 Å². The van der Waals surface area contributed by atoms with Gasteiger partial charge in [0.2, 0.25) is 0 Å². The quantitative estimate of drug-likeness (QED) is 0.628. The summed E-state index contributed by atoms with van der Waals surface area (Å²) in [7, 11) is 1.55. The molecule has 0 saturated heterocycles. The van der Waals surface area contributed by atoms with Gasteiger partial charge in [0.1, 0.15) is 23.3 Å². The topological polar surface area (TPSA) is 73.1 Å². The van der Waals surface area contributed by atoms with E-state index >= 15 is 0 Å². The number of hydrogen-bond acceptors (Lipinski definition) is 5. The Morgan fingerprint density at radius 1 is 1.33 bits per heavy atom. The Kier molecular flexibility index (Phi) is 3.81. The molecule has 0 aliphatic carbocycles. The van der Waals surface area contributed by atoms with E-state index < -0.39 is 11.9 Å². The van der Waals surface area contributed by atoms with Crippen LogP contribution in [0.25, 0.3) is 0 Å². The van der Waals surface area contributed by atoms with Crippen LogP contribution in [0.5, 0.6) is 5.75 Å². The zero-order chi connectivity index (χ0) is 13.0. The Balaban J connectivity index is 2.41. The average molecular weight is 248 g/mol. The minimum atomic E-state index is -0.457. The predicted octanol–water partition coefficient (Wildman–Crippen LogP) is 1.18. The van der Waals surface area contributed by atoms with Crippen LogP contribution in [0.4, 0.5) is 4.39 Å². The maximum atomic E-state index is 12.8. The Bertz CT molecular complexity index is 518. The summed E-state index contributed by atoms with van der Waals surface area (Å²) in [5.74, 6) is 5.71. The van der Waals surface area contributed by atoms with Crippen LogP contribution >= 0.6 is 0 Å². The molecule has 0 fully saturated rings. The number of nitrogens with zero attached hydrogens (tertiary/aromatic N) is 2. The third kappa shape index (κ3) is 2.44. The zero-order valence-electron chi connectivity index (χ0n) is 9.80. The standard InChI is InChI=1S/C12H13FN4O/c1-18-10-3-2-6-15-12(10)11(17-14)9-5-4-8(13)7-16-9/h2-7,11,17H,14H2,1H3. The number of halogens is 1. The van der Waals surface area contributed by atoms with E-state index in [1.165, 1.54) is 6.07 Å². The van der Waals surface area contributed by atoms with Crippen molar-refractivity contribution in [2.75, 3.05) is 7.11 Å². The lowest BCUT2D eigenvalue weighted by Gasteiger charge is -2.17. The lowest BCUT2D eigenvalue weighted by atomic mass is 10.1. The second kappa shape index (κ2) is 5.52. The fourth-order valence-corrected chi connectivity index (χ4v) is 1.65. The van der Waals surface area contributed by atoms with Crippen LogP contribution in [0.15, 0.2) is 36.7 Å². The van der Waals surface area contributed by atoms with Crippen molar-refractivity contribution in [3.05, 3.63) is 53.9 Å². The predicted molar refractivity (Wildman–Crippen MR) is 64.2 cm³/mol. The molecule has 5 nitrogen and oxygen atoms in total. The number of pyridine rings is 2. The molecule has 0 amide bonds. The van der Waals surface area contributed by atoms with Crippen molar-refractivity contribution in [2.24, 2.45) is 5.84 Å². The van der Waals surface area contributed by atoms with Crippen LogP contribution in [-0.4, -0.2) is 17.1 Å². The summed E-state index contributed by atoms with van der Waals surface area (Å²) in [5.41, 5.74) is 3.77. The van der Waals surface area contributed by atoms with Crippen molar-refractivity contribution < 1.29 is 9.13 Å². The van der Waals surface area contributed by atoms with Gasteiger partial charge >= 0.3 is 0 Å². The molecule has 94 valence electrons. The second-order valence-electron chi connectivity index (χ2n) is 3.59. The summed E-state index contributed by atoms with van der Waals surface area (Å²) in [5, 5.41) is 0. The van der Waals surface area contributed by atoms with Gasteiger partial charge in [0.05, 0.1) is 19.0 Å². The Morgan fingerprint density at radius 2 is 2.17 bits per heavy atom. The van der Waals surface area contributed by atoms with Gasteiger partial charge in [-0.05, 0) is 24.3 Å². The molecule has 1 atom stereocenters. The highest BCUT2D eigenvalue weighted by Gasteiger charge is 2.19. The van der Waals surface area contributed by atoms with Crippen LogP contribution in [0.1, 0.15) is 17.4 Å². The van der Waals surface area contributed by atoms with Crippen molar-refractivity contribution in [1.82, 2.24) is 15.4 Å². The van der Waals surface area contributed by atoms with E-state index in [2.05, 4.69) is 15.4 Å². The minimum absolute atomic E-state index is 0.400. The fraction of sp³-hybridized carbons (Fsp3) is 0.167. The van der Waals surface area contributed by atoms with Crippen LogP contribution in [0.2, 0.25) is 0 Å². The van der Waals surface area contributed by atoms with Crippen molar-refractivity contribution >= 4 is 0 Å². The molecule has 6 heteroatoms. The fourth-order valence-electron chi connectivity index (χ4n) is 1.65. The smallest absolute Gasteiger partial charge is 0.142 e. The number of hydrazine groups is 1. The van der Waals surface area contributed by atoms with Gasteiger partial charge in [-0.3, -0.25) is 15.8 Å². The molecule has 0 aromatic carbocycles. The van der Waals surface area contributed by atoms with E-state index in [1.54, 1.807) is 31.5 Å². The van der Waals surface area contributed by atoms with E-state index in [1.807, 2.05) is 0 Å². The molecule has 2 rings (SSSR count). The molecule has 2 aromatic heterocycles. The molecular formula is C12H13FN4O. The van der Waals surface area contributed by atoms with Crippen molar-refractivity contribution in [1.29, 1.82) is 0 Å². The van der Waals surface area contributed by atoms with Crippen LogP contribution in [0.3, 0.4) is 0 Å². The molecule has 0 aliphatic heterocycles. The van der Waals surface area contributed by atoms with Gasteiger partial charge in [-0.2, -0.15) is 0 Å². The van der Waals surface area contributed by atoms with Gasteiger partial charge in [0.25, 0.3) is 0 Å². The summed E-state index contributed by atoms with van der Waals surface area (Å²) in [6, 6.07) is 5.95. The van der Waals surface area contributed by atoms with E-state index in [4.69, 9.17) is 10.6 Å². The number of hydrogen-bond donors (Lipinski definition) is 2.